The Morgan fingerprint density at radius 3 is 2.83 bits per heavy atom. The zero-order chi connectivity index (χ0) is 12.5. The van der Waals surface area contributed by atoms with E-state index in [-0.39, 0.29) is 5.69 Å². The second-order valence-corrected chi connectivity index (χ2v) is 3.61. The first-order valence-corrected chi connectivity index (χ1v) is 5.16. The van der Waals surface area contributed by atoms with Gasteiger partial charge in [-0.25, -0.2) is 19.5 Å². The topological polar surface area (TPSA) is 99.1 Å². The lowest BCUT2D eigenvalue weighted by Gasteiger charge is -1.94. The monoisotopic (exact) mass is 240 g/mol. The van der Waals surface area contributed by atoms with Gasteiger partial charge in [-0.1, -0.05) is 0 Å². The van der Waals surface area contributed by atoms with Gasteiger partial charge >= 0.3 is 0 Å². The molecular formula is C11H8N6O. The molecule has 1 amide bonds. The zero-order valence-corrected chi connectivity index (χ0v) is 9.19. The maximum absolute atomic E-state index is 11.0. The summed E-state index contributed by atoms with van der Waals surface area (Å²) in [5.74, 6) is -0.575. The number of nitrogens with two attached hydrogens (primary N) is 1. The van der Waals surface area contributed by atoms with Crippen LogP contribution in [-0.2, 0) is 0 Å². The van der Waals surface area contributed by atoms with Crippen LogP contribution in [0.15, 0.2) is 36.9 Å². The van der Waals surface area contributed by atoms with Crippen LogP contribution >= 0.6 is 0 Å². The Morgan fingerprint density at radius 2 is 2.11 bits per heavy atom. The maximum atomic E-state index is 11.0. The summed E-state index contributed by atoms with van der Waals surface area (Å²) in [5.41, 5.74) is 7.32. The third kappa shape index (κ3) is 1.67. The van der Waals surface area contributed by atoms with Crippen LogP contribution in [0.5, 0.6) is 0 Å². The van der Waals surface area contributed by atoms with E-state index in [4.69, 9.17) is 5.73 Å². The molecular weight excluding hydrogens is 232 g/mol. The molecule has 0 saturated carbocycles. The van der Waals surface area contributed by atoms with Crippen LogP contribution in [0.2, 0.25) is 0 Å². The minimum Gasteiger partial charge on any atom is -0.364 e. The Hall–Kier alpha value is -2.83. The summed E-state index contributed by atoms with van der Waals surface area (Å²) in [4.78, 5) is 23.3. The molecule has 0 aliphatic heterocycles. The number of hydrogen-bond acceptors (Lipinski definition) is 5. The van der Waals surface area contributed by atoms with Crippen molar-refractivity contribution in [2.24, 2.45) is 5.73 Å². The first-order valence-electron chi connectivity index (χ1n) is 5.16. The molecule has 88 valence electrons. The lowest BCUT2D eigenvalue weighted by atomic mass is 10.3. The fourth-order valence-electron chi connectivity index (χ4n) is 1.58. The Balaban J connectivity index is 2.14. The molecule has 3 aromatic rings. The summed E-state index contributed by atoms with van der Waals surface area (Å²) < 4.78 is 1.50. The number of imidazole rings is 1. The molecule has 2 N–H and O–H groups in total. The van der Waals surface area contributed by atoms with E-state index >= 15 is 0 Å². The van der Waals surface area contributed by atoms with Crippen molar-refractivity contribution in [1.29, 1.82) is 0 Å². The lowest BCUT2D eigenvalue weighted by molar-refractivity contribution is 0.0994. The molecule has 18 heavy (non-hydrogen) atoms. The minimum absolute atomic E-state index is 0.189. The molecule has 0 fully saturated rings. The number of rotatable bonds is 2. The average molecular weight is 240 g/mol. The highest BCUT2D eigenvalue weighted by Gasteiger charge is 2.08. The summed E-state index contributed by atoms with van der Waals surface area (Å²) in [6.45, 7) is 0. The van der Waals surface area contributed by atoms with Crippen molar-refractivity contribution < 1.29 is 4.79 Å². The van der Waals surface area contributed by atoms with E-state index in [1.165, 1.54) is 16.9 Å². The second kappa shape index (κ2) is 3.88. The minimum atomic E-state index is -0.575. The molecule has 0 unspecified atom stereocenters. The third-order valence-corrected chi connectivity index (χ3v) is 2.42. The van der Waals surface area contributed by atoms with Crippen molar-refractivity contribution in [3.8, 4) is 11.4 Å². The quantitative estimate of drug-likeness (QED) is 0.693. The van der Waals surface area contributed by atoms with Crippen molar-refractivity contribution in [3.05, 3.63) is 42.6 Å². The first-order chi connectivity index (χ1) is 8.74. The summed E-state index contributed by atoms with van der Waals surface area (Å²) in [5, 5.41) is 4.06. The molecule has 0 aromatic carbocycles. The van der Waals surface area contributed by atoms with Gasteiger partial charge in [0.1, 0.15) is 17.7 Å². The second-order valence-electron chi connectivity index (χ2n) is 3.61. The Morgan fingerprint density at radius 1 is 1.22 bits per heavy atom. The predicted molar refractivity (Wildman–Crippen MR) is 62.5 cm³/mol. The largest absolute Gasteiger partial charge is 0.364 e. The number of primary amides is 1. The van der Waals surface area contributed by atoms with Gasteiger partial charge in [0.15, 0.2) is 5.65 Å². The summed E-state index contributed by atoms with van der Waals surface area (Å²) in [6, 6.07) is 4.96. The fraction of sp³-hybridized carbons (Fsp3) is 0. The van der Waals surface area contributed by atoms with Gasteiger partial charge in [-0.05, 0) is 18.2 Å². The van der Waals surface area contributed by atoms with Crippen LogP contribution in [0.4, 0.5) is 0 Å². The van der Waals surface area contributed by atoms with Crippen molar-refractivity contribution >= 4 is 11.6 Å². The number of carbonyl (C=O) groups excluding carboxylic acids is 1. The van der Waals surface area contributed by atoms with Crippen LogP contribution in [-0.4, -0.2) is 30.5 Å². The van der Waals surface area contributed by atoms with Crippen LogP contribution in [0, 0.1) is 0 Å². The summed E-state index contributed by atoms with van der Waals surface area (Å²) in [6.07, 6.45) is 4.76. The third-order valence-electron chi connectivity index (χ3n) is 2.42. The number of amides is 1. The molecule has 0 aliphatic carbocycles. The van der Waals surface area contributed by atoms with Gasteiger partial charge in [0.25, 0.3) is 5.91 Å². The van der Waals surface area contributed by atoms with Gasteiger partial charge in [-0.15, -0.1) is 0 Å². The standard InChI is InChI=1S/C11H8N6O/c12-11(18)8-1-2-10-15-9(5-17(10)16-8)7-3-4-13-6-14-7/h1-6H,(H2,12,18). The molecule has 0 saturated heterocycles. The number of fused-ring (bicyclic) bond motifs is 1. The van der Waals surface area contributed by atoms with E-state index in [2.05, 4.69) is 20.1 Å². The average Bonchev–Trinajstić information content (AvgIpc) is 2.82. The molecule has 0 bridgehead atoms. The normalized spacial score (nSPS) is 10.7. The number of nitrogens with zero attached hydrogens (tertiary/aromatic N) is 5. The van der Waals surface area contributed by atoms with E-state index in [0.717, 1.165) is 0 Å². The lowest BCUT2D eigenvalue weighted by Crippen LogP contribution is -2.14. The highest BCUT2D eigenvalue weighted by Crippen LogP contribution is 2.15. The number of hydrogen-bond donors (Lipinski definition) is 1. The molecule has 7 heteroatoms. The number of aromatic nitrogens is 5. The van der Waals surface area contributed by atoms with Crippen LogP contribution in [0.1, 0.15) is 10.5 Å². The van der Waals surface area contributed by atoms with Gasteiger partial charge in [-0.2, -0.15) is 5.10 Å². The number of carbonyl (C=O) groups is 1. The highest BCUT2D eigenvalue weighted by molar-refractivity contribution is 5.90. The molecule has 0 atom stereocenters. The van der Waals surface area contributed by atoms with Gasteiger partial charge in [0.05, 0.1) is 11.9 Å². The molecule has 3 heterocycles. The van der Waals surface area contributed by atoms with Crippen molar-refractivity contribution in [2.75, 3.05) is 0 Å². The van der Waals surface area contributed by atoms with Crippen LogP contribution < -0.4 is 5.73 Å². The van der Waals surface area contributed by atoms with Crippen molar-refractivity contribution in [3.63, 3.8) is 0 Å². The molecule has 0 radical (unpaired) electrons. The van der Waals surface area contributed by atoms with Crippen molar-refractivity contribution in [2.45, 2.75) is 0 Å². The Labute approximate surface area is 101 Å². The SMILES string of the molecule is NC(=O)c1ccc2nc(-c3ccncn3)cn2n1. The van der Waals surface area contributed by atoms with Gasteiger partial charge < -0.3 is 5.73 Å². The van der Waals surface area contributed by atoms with E-state index in [1.54, 1.807) is 24.5 Å². The van der Waals surface area contributed by atoms with E-state index in [9.17, 15) is 4.79 Å². The van der Waals surface area contributed by atoms with E-state index < -0.39 is 5.91 Å². The molecule has 0 spiro atoms. The van der Waals surface area contributed by atoms with Crippen LogP contribution in [0.3, 0.4) is 0 Å². The van der Waals surface area contributed by atoms with Gasteiger partial charge in [0.2, 0.25) is 0 Å². The first kappa shape index (κ1) is 10.3. The Bertz CT molecular complexity index is 721. The van der Waals surface area contributed by atoms with Crippen LogP contribution in [0.25, 0.3) is 17.0 Å². The van der Waals surface area contributed by atoms with E-state index in [0.29, 0.717) is 17.0 Å². The van der Waals surface area contributed by atoms with E-state index in [1.807, 2.05) is 0 Å². The maximum Gasteiger partial charge on any atom is 0.269 e. The van der Waals surface area contributed by atoms with Crippen molar-refractivity contribution in [1.82, 2.24) is 24.6 Å². The van der Waals surface area contributed by atoms with Gasteiger partial charge in [-0.3, -0.25) is 4.79 Å². The smallest absolute Gasteiger partial charge is 0.269 e. The molecule has 0 aliphatic rings. The zero-order valence-electron chi connectivity index (χ0n) is 9.19. The fourth-order valence-corrected chi connectivity index (χ4v) is 1.58. The summed E-state index contributed by atoms with van der Waals surface area (Å²) >= 11 is 0. The Kier molecular flexibility index (Phi) is 2.23. The highest BCUT2D eigenvalue weighted by atomic mass is 16.1. The predicted octanol–water partition coefficient (Wildman–Crippen LogP) is 0.285. The molecule has 3 aromatic heterocycles. The molecule has 7 nitrogen and oxygen atoms in total. The summed E-state index contributed by atoms with van der Waals surface area (Å²) in [7, 11) is 0. The molecule has 3 rings (SSSR count). The van der Waals surface area contributed by atoms with Gasteiger partial charge in [0, 0.05) is 6.20 Å².